The second-order valence-electron chi connectivity index (χ2n) is 10.2. The number of hydrogen-bond acceptors (Lipinski definition) is 3. The van der Waals surface area contributed by atoms with Crippen molar-refractivity contribution in [3.63, 3.8) is 0 Å². The predicted molar refractivity (Wildman–Crippen MR) is 193 cm³/mol. The maximum Gasteiger partial charge on any atom is 0.242 e. The van der Waals surface area contributed by atoms with Crippen molar-refractivity contribution in [1.29, 1.82) is 0 Å². The minimum Gasteiger partial charge on any atom is -0.385 e. The van der Waals surface area contributed by atoms with Crippen molar-refractivity contribution < 1.29 is 31.8 Å². The molecule has 278 valence electrons. The molecule has 0 spiro atoms. The normalized spacial score (nSPS) is 9.28. The topological polar surface area (TPSA) is 27.7 Å². The third kappa shape index (κ3) is 581. The van der Waals surface area contributed by atoms with Gasteiger partial charge in [0, 0.05) is 41.2 Å². The number of ether oxygens (including phenoxy) is 3. The van der Waals surface area contributed by atoms with Crippen LogP contribution in [0.5, 0.6) is 0 Å². The zero-order valence-electron chi connectivity index (χ0n) is 33.7. The van der Waals surface area contributed by atoms with Gasteiger partial charge in [-0.15, -0.1) is 0 Å². The largest absolute Gasteiger partial charge is 0.385 e. The molecular formula is C36H88F4O3. The molecule has 43 heavy (non-hydrogen) atoms. The summed E-state index contributed by atoms with van der Waals surface area (Å²) in [6.07, 6.45) is 7.18. The summed E-state index contributed by atoms with van der Waals surface area (Å²) in [5.74, 6) is -0.731. The van der Waals surface area contributed by atoms with Gasteiger partial charge in [-0.3, -0.25) is 4.39 Å². The van der Waals surface area contributed by atoms with Gasteiger partial charge in [0.25, 0.3) is 0 Å². The van der Waals surface area contributed by atoms with Gasteiger partial charge in [-0.25, -0.2) is 13.2 Å². The Morgan fingerprint density at radius 2 is 0.628 bits per heavy atom. The summed E-state index contributed by atoms with van der Waals surface area (Å²) in [5.41, 5.74) is 0. The average Bonchev–Trinajstić information content (AvgIpc) is 2.97. The average molecular weight is 645 g/mol. The first-order chi connectivity index (χ1) is 19.8. The summed E-state index contributed by atoms with van der Waals surface area (Å²) < 4.78 is 57.8. The molecule has 0 heterocycles. The lowest BCUT2D eigenvalue weighted by atomic mass is 10.2. The van der Waals surface area contributed by atoms with Crippen LogP contribution in [-0.4, -0.2) is 59.9 Å². The second kappa shape index (κ2) is 83.8. The minimum absolute atomic E-state index is 0.181. The molecular weight excluding hydrogens is 556 g/mol. The number of halogens is 4. The van der Waals surface area contributed by atoms with E-state index in [9.17, 15) is 17.6 Å². The maximum atomic E-state index is 11.4. The van der Waals surface area contributed by atoms with E-state index in [4.69, 9.17) is 0 Å². The zero-order chi connectivity index (χ0) is 37.1. The van der Waals surface area contributed by atoms with Gasteiger partial charge in [0.05, 0.1) is 12.8 Å². The van der Waals surface area contributed by atoms with Gasteiger partial charge in [-0.2, -0.15) is 0 Å². The van der Waals surface area contributed by atoms with Gasteiger partial charge in [-0.1, -0.05) is 115 Å². The molecule has 0 aromatic carbocycles. The molecule has 0 N–H and O–H groups in total. The van der Waals surface area contributed by atoms with Crippen LogP contribution in [-0.2, 0) is 14.2 Å². The van der Waals surface area contributed by atoms with E-state index < -0.39 is 12.1 Å². The van der Waals surface area contributed by atoms with Crippen molar-refractivity contribution in [3.05, 3.63) is 0 Å². The van der Waals surface area contributed by atoms with Gasteiger partial charge in [0.15, 0.2) is 0 Å². The van der Waals surface area contributed by atoms with E-state index >= 15 is 0 Å². The Labute approximate surface area is 273 Å². The van der Waals surface area contributed by atoms with Gasteiger partial charge in [-0.05, 0) is 66.2 Å². The molecule has 3 nitrogen and oxygen atoms in total. The highest BCUT2D eigenvalue weighted by molar-refractivity contribution is 4.40. The van der Waals surface area contributed by atoms with Crippen molar-refractivity contribution in [2.45, 2.75) is 182 Å². The van der Waals surface area contributed by atoms with Gasteiger partial charge < -0.3 is 14.2 Å². The van der Waals surface area contributed by atoms with Crippen LogP contribution in [0.2, 0.25) is 0 Å². The monoisotopic (exact) mass is 645 g/mol. The number of unbranched alkanes of at least 4 members (excludes halogenated alkanes) is 1. The van der Waals surface area contributed by atoms with E-state index in [1.165, 1.54) is 32.1 Å². The van der Waals surface area contributed by atoms with E-state index in [-0.39, 0.29) is 6.67 Å². The molecule has 1 unspecified atom stereocenters. The van der Waals surface area contributed by atoms with Gasteiger partial charge >= 0.3 is 0 Å². The predicted octanol–water partition coefficient (Wildman–Crippen LogP) is 14.1. The Morgan fingerprint density at radius 1 is 0.512 bits per heavy atom. The summed E-state index contributed by atoms with van der Waals surface area (Å²) in [7, 11) is 5.04. The summed E-state index contributed by atoms with van der Waals surface area (Å²) in [4.78, 5) is 0. The molecule has 0 bridgehead atoms. The number of rotatable bonds is 8. The van der Waals surface area contributed by atoms with Crippen molar-refractivity contribution in [1.82, 2.24) is 0 Å². The van der Waals surface area contributed by atoms with Crippen LogP contribution >= 0.6 is 0 Å². The summed E-state index contributed by atoms with van der Waals surface area (Å²) >= 11 is 0. The highest BCUT2D eigenvalue weighted by atomic mass is 19.3. The minimum atomic E-state index is -2.50. The van der Waals surface area contributed by atoms with Gasteiger partial charge in [0.2, 0.25) is 5.92 Å². The number of alkyl halides is 4. The van der Waals surface area contributed by atoms with Crippen LogP contribution in [0.3, 0.4) is 0 Å². The van der Waals surface area contributed by atoms with Crippen molar-refractivity contribution in [2.24, 2.45) is 11.8 Å². The first-order valence-electron chi connectivity index (χ1n) is 16.8. The van der Waals surface area contributed by atoms with E-state index in [0.717, 1.165) is 45.5 Å². The molecule has 0 aromatic heterocycles. The van der Waals surface area contributed by atoms with Crippen LogP contribution in [0.1, 0.15) is 170 Å². The fourth-order valence-corrected chi connectivity index (χ4v) is 0. The van der Waals surface area contributed by atoms with Crippen molar-refractivity contribution >= 4 is 0 Å². The molecule has 0 amide bonds. The van der Waals surface area contributed by atoms with Crippen molar-refractivity contribution in [2.75, 3.05) is 47.8 Å². The van der Waals surface area contributed by atoms with E-state index in [1.54, 1.807) is 35.2 Å². The molecule has 0 rings (SSSR count). The molecule has 7 heteroatoms. The molecule has 0 radical (unpaired) electrons. The third-order valence-electron chi connectivity index (χ3n) is 3.75. The molecule has 0 fully saturated rings. The zero-order valence-corrected chi connectivity index (χ0v) is 33.7. The quantitative estimate of drug-likeness (QED) is 0.246. The number of hydrogen-bond donors (Lipinski definition) is 0. The fraction of sp³-hybridized carbons (Fsp3) is 1.00. The lowest BCUT2D eigenvalue weighted by Gasteiger charge is -1.94. The van der Waals surface area contributed by atoms with Crippen molar-refractivity contribution in [3.8, 4) is 0 Å². The Morgan fingerprint density at radius 3 is 0.628 bits per heavy atom. The van der Waals surface area contributed by atoms with E-state index in [0.29, 0.717) is 12.8 Å². The molecule has 1 atom stereocenters. The smallest absolute Gasteiger partial charge is 0.242 e. The van der Waals surface area contributed by atoms with Crippen LogP contribution < -0.4 is 0 Å². The van der Waals surface area contributed by atoms with Crippen LogP contribution in [0, 0.1) is 11.8 Å². The standard InChI is InChI=1S/2C5H12.C4H9F.C4H10.C3H6F2.C3H7F.3C3H8O.C3H8/c2*1-4-5(2)3;1-3-4(2)5;1-3-4-2;1-3(2,4)5;1-2-3-4;3*1-3-4-2;1-3-2/h2*5H,4H2,1-3H3;4H,3H2,1-2H3;3-4H2,1-2H3;1-2H3;2-3H2,1H3;3*3H2,1-2H3;3H2,1-2H3. The Balaban J connectivity index is -0.0000000353. The summed E-state index contributed by atoms with van der Waals surface area (Å²) in [6, 6.07) is 0. The first-order valence-corrected chi connectivity index (χ1v) is 16.8. The lowest BCUT2D eigenvalue weighted by molar-refractivity contribution is 0.0437. The third-order valence-corrected chi connectivity index (χ3v) is 3.75. The SMILES string of the molecule is CC(C)(F)F.CCC.CCC(C)C.CCC(C)C.CCC(C)F.CCCC.CCCF.CCOC.CCOC.CCOC. The molecule has 0 saturated carbocycles. The Bertz CT molecular complexity index is 242. The molecule has 0 aliphatic heterocycles. The molecule has 0 aliphatic carbocycles. The highest BCUT2D eigenvalue weighted by Gasteiger charge is 2.08. The molecule has 0 aliphatic rings. The Hall–Kier alpha value is -0.400. The lowest BCUT2D eigenvalue weighted by Crippen LogP contribution is -1.98. The van der Waals surface area contributed by atoms with Crippen LogP contribution in [0.4, 0.5) is 17.6 Å². The van der Waals surface area contributed by atoms with E-state index in [1.807, 2.05) is 27.7 Å². The first kappa shape index (κ1) is 69.4. The number of methoxy groups -OCH3 is 3. The fourth-order valence-electron chi connectivity index (χ4n) is 0. The summed E-state index contributed by atoms with van der Waals surface area (Å²) in [6.45, 7) is 36.9. The summed E-state index contributed by atoms with van der Waals surface area (Å²) in [5, 5.41) is 0. The Kier molecular flexibility index (Phi) is 135. The highest BCUT2D eigenvalue weighted by Crippen LogP contribution is 2.06. The molecule has 0 aromatic rings. The molecule has 0 saturated heterocycles. The second-order valence-corrected chi connectivity index (χ2v) is 10.2. The van der Waals surface area contributed by atoms with E-state index in [2.05, 4.69) is 83.4 Å². The van der Waals surface area contributed by atoms with Gasteiger partial charge in [0.1, 0.15) is 0 Å². The maximum absolute atomic E-state index is 11.4. The van der Waals surface area contributed by atoms with Crippen LogP contribution in [0.25, 0.3) is 0 Å². The van der Waals surface area contributed by atoms with Crippen LogP contribution in [0.15, 0.2) is 0 Å².